The van der Waals surface area contributed by atoms with Crippen molar-refractivity contribution in [2.75, 3.05) is 25.5 Å². The summed E-state index contributed by atoms with van der Waals surface area (Å²) < 4.78 is 34.5. The van der Waals surface area contributed by atoms with E-state index in [1.807, 2.05) is 54.0 Å². The highest BCUT2D eigenvalue weighted by Gasteiger charge is 2.48. The predicted molar refractivity (Wildman–Crippen MR) is 154 cm³/mol. The van der Waals surface area contributed by atoms with E-state index in [4.69, 9.17) is 9.72 Å². The van der Waals surface area contributed by atoms with Gasteiger partial charge in [-0.15, -0.1) is 0 Å². The molecule has 0 spiro atoms. The van der Waals surface area contributed by atoms with Crippen LogP contribution in [0.2, 0.25) is 0 Å². The van der Waals surface area contributed by atoms with E-state index in [1.165, 1.54) is 4.90 Å². The molecule has 1 saturated heterocycles. The number of hydrogen-bond acceptors (Lipinski definition) is 7. The minimum absolute atomic E-state index is 0.0389. The maximum absolute atomic E-state index is 13.5. The number of alkyl halides is 2. The number of carbonyl (C=O) groups excluding carboxylic acids is 1. The molecular weight excluding hydrogens is 528 g/mol. The Morgan fingerprint density at radius 2 is 1.95 bits per heavy atom. The first-order valence-corrected chi connectivity index (χ1v) is 13.2. The zero-order valence-corrected chi connectivity index (χ0v) is 22.6. The summed E-state index contributed by atoms with van der Waals surface area (Å²) in [5.41, 5.74) is 7.63. The van der Waals surface area contributed by atoms with Crippen molar-refractivity contribution >= 4 is 40.6 Å². The molecule has 2 N–H and O–H groups in total. The smallest absolute Gasteiger partial charge is 0.282 e. The van der Waals surface area contributed by atoms with E-state index in [-0.39, 0.29) is 12.1 Å². The molecule has 2 unspecified atom stereocenters. The lowest BCUT2D eigenvalue weighted by atomic mass is 10.1. The number of nitrogens with one attached hydrogen (secondary N) is 2. The van der Waals surface area contributed by atoms with Crippen molar-refractivity contribution in [3.63, 3.8) is 0 Å². The number of ether oxygens (including phenoxy) is 1. The topological polar surface area (TPSA) is 96.7 Å². The molecule has 41 heavy (non-hydrogen) atoms. The Hall–Kier alpha value is -4.64. The fourth-order valence-corrected chi connectivity index (χ4v) is 5.14. The van der Waals surface area contributed by atoms with Gasteiger partial charge in [-0.1, -0.05) is 24.3 Å². The van der Waals surface area contributed by atoms with Crippen molar-refractivity contribution in [3.05, 3.63) is 78.3 Å². The Morgan fingerprint density at radius 1 is 1.17 bits per heavy atom. The largest absolute Gasteiger partial charge is 0.379 e. The second kappa shape index (κ2) is 10.4. The number of hydrogen-bond donors (Lipinski definition) is 2. The van der Waals surface area contributed by atoms with Gasteiger partial charge in [0.2, 0.25) is 0 Å². The summed E-state index contributed by atoms with van der Waals surface area (Å²) in [7, 11) is 1.63. The number of likely N-dealkylation sites (tertiary alicyclic amines) is 1. The van der Waals surface area contributed by atoms with Gasteiger partial charge >= 0.3 is 0 Å². The molecule has 1 aliphatic heterocycles. The maximum Gasteiger partial charge on any atom is 0.282 e. The Labute approximate surface area is 235 Å². The summed E-state index contributed by atoms with van der Waals surface area (Å²) in [5.74, 6) is -2.09. The van der Waals surface area contributed by atoms with E-state index in [1.54, 1.807) is 31.6 Å². The molecule has 2 fully saturated rings. The van der Waals surface area contributed by atoms with Crippen LogP contribution >= 0.6 is 0 Å². The molecule has 9 nitrogen and oxygen atoms in total. The minimum atomic E-state index is -2.83. The molecule has 0 radical (unpaired) electrons. The fourth-order valence-electron chi connectivity index (χ4n) is 5.14. The van der Waals surface area contributed by atoms with E-state index in [2.05, 4.69) is 27.5 Å². The highest BCUT2D eigenvalue weighted by atomic mass is 19.3. The Bertz CT molecular complexity index is 1660. The SMILES string of the molecule is C=NN/C=C(\C)c1ccc(Nc2ccnc(-c3ccc4cc(C(=O)N5CC(F)(F)C5)n(C5CC5OC)c4c3)n2)cc1. The Kier molecular flexibility index (Phi) is 6.74. The zero-order valence-electron chi connectivity index (χ0n) is 22.6. The van der Waals surface area contributed by atoms with Crippen LogP contribution < -0.4 is 10.7 Å². The van der Waals surface area contributed by atoms with E-state index in [0.717, 1.165) is 39.7 Å². The van der Waals surface area contributed by atoms with Gasteiger partial charge in [0.1, 0.15) is 11.5 Å². The van der Waals surface area contributed by atoms with Crippen LogP contribution in [-0.2, 0) is 4.74 Å². The molecule has 1 aliphatic carbocycles. The lowest BCUT2D eigenvalue weighted by Gasteiger charge is -2.38. The van der Waals surface area contributed by atoms with Gasteiger partial charge in [0.15, 0.2) is 5.82 Å². The van der Waals surface area contributed by atoms with Gasteiger partial charge in [-0.05, 0) is 54.8 Å². The van der Waals surface area contributed by atoms with Gasteiger partial charge < -0.3 is 19.5 Å². The molecule has 6 rings (SSSR count). The monoisotopic (exact) mass is 557 g/mol. The van der Waals surface area contributed by atoms with Gasteiger partial charge in [0, 0.05) is 48.4 Å². The number of amides is 1. The molecule has 1 amide bonds. The number of aromatic nitrogens is 3. The number of rotatable bonds is 9. The number of fused-ring (bicyclic) bond motifs is 1. The molecule has 0 bridgehead atoms. The summed E-state index contributed by atoms with van der Waals surface area (Å²) in [6.45, 7) is 4.26. The zero-order chi connectivity index (χ0) is 28.7. The fraction of sp³-hybridized carbons (Fsp3) is 0.267. The van der Waals surface area contributed by atoms with Gasteiger partial charge in [0.25, 0.3) is 11.8 Å². The van der Waals surface area contributed by atoms with Crippen molar-refractivity contribution in [3.8, 4) is 11.4 Å². The average Bonchev–Trinajstić information content (AvgIpc) is 3.65. The highest BCUT2D eigenvalue weighted by molar-refractivity contribution is 6.00. The van der Waals surface area contributed by atoms with E-state index in [0.29, 0.717) is 17.3 Å². The molecule has 2 aliphatic rings. The standard InChI is InChI=1S/C30H29F2N7O2/c1-18(15-35-33-2)19-6-8-22(9-7-19)36-27-10-11-34-28(37-27)21-5-4-20-12-25(29(40)38-16-30(31,32)17-38)39(23(20)13-21)24-14-26(24)41-3/h4-13,15,24,26,35H,2,14,16-17H2,1,3H3,(H,34,36,37)/b18-15+. The van der Waals surface area contributed by atoms with Crippen molar-refractivity contribution < 1.29 is 18.3 Å². The third kappa shape index (κ3) is 5.28. The van der Waals surface area contributed by atoms with Crippen LogP contribution in [0.25, 0.3) is 27.9 Å². The number of anilines is 2. The van der Waals surface area contributed by atoms with Crippen LogP contribution in [0.3, 0.4) is 0 Å². The second-order valence-corrected chi connectivity index (χ2v) is 10.3. The molecule has 2 atom stereocenters. The number of nitrogens with zero attached hydrogens (tertiary/aromatic N) is 5. The van der Waals surface area contributed by atoms with Crippen LogP contribution in [-0.4, -0.2) is 64.3 Å². The molecule has 1 saturated carbocycles. The summed E-state index contributed by atoms with van der Waals surface area (Å²) in [4.78, 5) is 23.6. The first-order valence-electron chi connectivity index (χ1n) is 13.2. The highest BCUT2D eigenvalue weighted by Crippen LogP contribution is 2.43. The molecule has 3 heterocycles. The van der Waals surface area contributed by atoms with Crippen LogP contribution in [0.15, 0.2) is 72.1 Å². The van der Waals surface area contributed by atoms with Crippen molar-refractivity contribution in [1.82, 2.24) is 24.9 Å². The number of allylic oxidation sites excluding steroid dienone is 1. The minimum Gasteiger partial charge on any atom is -0.379 e. The van der Waals surface area contributed by atoms with Crippen molar-refractivity contribution in [2.45, 2.75) is 31.4 Å². The number of halogens is 2. The Morgan fingerprint density at radius 3 is 2.63 bits per heavy atom. The molecule has 2 aromatic heterocycles. The summed E-state index contributed by atoms with van der Waals surface area (Å²) in [6.07, 6.45) is 4.17. The first-order chi connectivity index (χ1) is 19.8. The number of hydrazone groups is 1. The lowest BCUT2D eigenvalue weighted by molar-refractivity contribution is -0.113. The normalized spacial score (nSPS) is 19.5. The van der Waals surface area contributed by atoms with Gasteiger partial charge in [-0.25, -0.2) is 18.7 Å². The van der Waals surface area contributed by atoms with Crippen molar-refractivity contribution in [1.29, 1.82) is 0 Å². The van der Waals surface area contributed by atoms with E-state index in [9.17, 15) is 13.6 Å². The maximum atomic E-state index is 13.5. The van der Waals surface area contributed by atoms with Gasteiger partial charge in [-0.3, -0.25) is 10.2 Å². The average molecular weight is 558 g/mol. The van der Waals surface area contributed by atoms with Gasteiger partial charge in [-0.2, -0.15) is 5.10 Å². The third-order valence-electron chi connectivity index (χ3n) is 7.43. The quantitative estimate of drug-likeness (QED) is 0.210. The first kappa shape index (κ1) is 26.6. The molecule has 4 aromatic rings. The molecule has 210 valence electrons. The lowest BCUT2D eigenvalue weighted by Crippen LogP contribution is -2.58. The molecular formula is C30H29F2N7O2. The van der Waals surface area contributed by atoms with Crippen LogP contribution in [0.5, 0.6) is 0 Å². The molecule has 11 heteroatoms. The van der Waals surface area contributed by atoms with Crippen LogP contribution in [0.4, 0.5) is 20.3 Å². The number of carbonyl (C=O) groups is 1. The predicted octanol–water partition coefficient (Wildman–Crippen LogP) is 5.46. The van der Waals surface area contributed by atoms with E-state index >= 15 is 0 Å². The number of methoxy groups -OCH3 is 1. The summed E-state index contributed by atoms with van der Waals surface area (Å²) in [6, 6.07) is 17.2. The van der Waals surface area contributed by atoms with Crippen LogP contribution in [0.1, 0.15) is 35.4 Å². The second-order valence-electron chi connectivity index (χ2n) is 10.3. The van der Waals surface area contributed by atoms with Crippen molar-refractivity contribution in [2.24, 2.45) is 5.10 Å². The summed E-state index contributed by atoms with van der Waals surface area (Å²) in [5, 5.41) is 7.78. The van der Waals surface area contributed by atoms with Crippen LogP contribution in [0, 0.1) is 0 Å². The third-order valence-corrected chi connectivity index (χ3v) is 7.43. The van der Waals surface area contributed by atoms with E-state index < -0.39 is 24.9 Å². The Balaban J connectivity index is 1.28. The summed E-state index contributed by atoms with van der Waals surface area (Å²) >= 11 is 0. The number of benzene rings is 2. The van der Waals surface area contributed by atoms with Gasteiger partial charge in [0.05, 0.1) is 25.2 Å². The molecule has 2 aromatic carbocycles.